The average Bonchev–Trinajstić information content (AvgIpc) is 2.56. The molecule has 0 bridgehead atoms. The topological polar surface area (TPSA) is 46.3 Å². The summed E-state index contributed by atoms with van der Waals surface area (Å²) in [5, 5.41) is 2.42. The molecule has 1 amide bonds. The molecule has 0 saturated carbocycles. The van der Waals surface area contributed by atoms with E-state index in [4.69, 9.17) is 17.4 Å². The van der Waals surface area contributed by atoms with Crippen molar-refractivity contribution < 1.29 is 4.79 Å². The number of hydrogen-bond acceptors (Lipinski definition) is 3. The van der Waals surface area contributed by atoms with E-state index in [1.165, 1.54) is 18.4 Å². The zero-order chi connectivity index (χ0) is 11.0. The minimum Gasteiger partial charge on any atom is -0.279 e. The third kappa shape index (κ3) is 1.71. The Kier molecular flexibility index (Phi) is 2.65. The van der Waals surface area contributed by atoms with E-state index in [9.17, 15) is 4.79 Å². The smallest absolute Gasteiger partial charge is 0.279 e. The molecule has 0 aliphatic carbocycles. The minimum absolute atomic E-state index is 0.263. The lowest BCUT2D eigenvalue weighted by atomic mass is 10.2. The Morgan fingerprint density at radius 2 is 2.13 bits per heavy atom. The van der Waals surface area contributed by atoms with Crippen LogP contribution in [0.4, 0.5) is 0 Å². The summed E-state index contributed by atoms with van der Waals surface area (Å²) in [6.07, 6.45) is 0. The van der Waals surface area contributed by atoms with Crippen LogP contribution in [0.1, 0.15) is 9.67 Å². The highest BCUT2D eigenvalue weighted by Crippen LogP contribution is 2.35. The summed E-state index contributed by atoms with van der Waals surface area (Å²) < 4.78 is 0.993. The van der Waals surface area contributed by atoms with Crippen molar-refractivity contribution in [2.45, 2.75) is 0 Å². The largest absolute Gasteiger partial charge is 0.279 e. The molecule has 0 aliphatic heterocycles. The van der Waals surface area contributed by atoms with Crippen LogP contribution in [0.2, 0.25) is 5.02 Å². The van der Waals surface area contributed by atoms with Crippen LogP contribution in [-0.2, 0) is 0 Å². The molecule has 0 unspecified atom stereocenters. The van der Waals surface area contributed by atoms with Gasteiger partial charge >= 0.3 is 0 Å². The number of rotatable bonds is 1. The van der Waals surface area contributed by atoms with E-state index in [1.807, 2.05) is 24.3 Å². The summed E-state index contributed by atoms with van der Waals surface area (Å²) in [6.45, 7) is 0. The number of nitrogens with zero attached hydrogens (tertiary/aromatic N) is 1. The number of hydrogen-bond donors (Lipinski definition) is 1. The molecular formula is C10H9ClN2OS. The number of carbonyl (C=O) groups is 1. The second-order valence-electron chi connectivity index (χ2n) is 3.16. The van der Waals surface area contributed by atoms with Gasteiger partial charge in [0.25, 0.3) is 5.91 Å². The second kappa shape index (κ2) is 3.81. The highest BCUT2D eigenvalue weighted by atomic mass is 35.5. The van der Waals surface area contributed by atoms with E-state index < -0.39 is 0 Å². The zero-order valence-electron chi connectivity index (χ0n) is 8.03. The number of halogens is 1. The molecule has 1 heterocycles. The van der Waals surface area contributed by atoms with E-state index in [2.05, 4.69) is 0 Å². The Hall–Kier alpha value is -1.10. The maximum Gasteiger partial charge on any atom is 0.279 e. The molecule has 1 aromatic heterocycles. The maximum absolute atomic E-state index is 11.7. The number of benzene rings is 1. The van der Waals surface area contributed by atoms with Gasteiger partial charge in [0.2, 0.25) is 0 Å². The number of amides is 1. The van der Waals surface area contributed by atoms with Gasteiger partial charge in [0.1, 0.15) is 4.88 Å². The standard InChI is InChI=1S/C10H9ClN2OS/c1-13(12)10(14)9-8(11)6-4-2-3-5-7(6)15-9/h2-5H,12H2,1H3. The number of carbonyl (C=O) groups excluding carboxylic acids is 1. The Morgan fingerprint density at radius 1 is 1.47 bits per heavy atom. The lowest BCUT2D eigenvalue weighted by Crippen LogP contribution is -2.32. The summed E-state index contributed by atoms with van der Waals surface area (Å²) in [5.74, 6) is 5.13. The maximum atomic E-state index is 11.7. The third-order valence-electron chi connectivity index (χ3n) is 2.05. The molecule has 0 aliphatic rings. The van der Waals surface area contributed by atoms with Crippen LogP contribution in [-0.4, -0.2) is 18.0 Å². The molecule has 0 fully saturated rings. The Balaban J connectivity index is 2.63. The van der Waals surface area contributed by atoms with Crippen molar-refractivity contribution in [3.63, 3.8) is 0 Å². The van der Waals surface area contributed by atoms with Crippen molar-refractivity contribution in [2.75, 3.05) is 7.05 Å². The van der Waals surface area contributed by atoms with E-state index >= 15 is 0 Å². The molecule has 0 radical (unpaired) electrons. The molecule has 2 rings (SSSR count). The van der Waals surface area contributed by atoms with Gasteiger partial charge in [-0.3, -0.25) is 9.80 Å². The SMILES string of the molecule is CN(N)C(=O)c1sc2ccccc2c1Cl. The lowest BCUT2D eigenvalue weighted by molar-refractivity contribution is 0.0800. The third-order valence-corrected chi connectivity index (χ3v) is 3.71. The van der Waals surface area contributed by atoms with Crippen LogP contribution in [0.5, 0.6) is 0 Å². The van der Waals surface area contributed by atoms with Gasteiger partial charge in [0.15, 0.2) is 0 Å². The van der Waals surface area contributed by atoms with Crippen LogP contribution in [0.3, 0.4) is 0 Å². The molecule has 2 aromatic rings. The highest BCUT2D eigenvalue weighted by molar-refractivity contribution is 7.21. The quantitative estimate of drug-likeness (QED) is 0.473. The number of nitrogens with two attached hydrogens (primary N) is 1. The van der Waals surface area contributed by atoms with E-state index in [-0.39, 0.29) is 5.91 Å². The van der Waals surface area contributed by atoms with Crippen LogP contribution in [0.25, 0.3) is 10.1 Å². The van der Waals surface area contributed by atoms with Gasteiger partial charge in [-0.25, -0.2) is 5.84 Å². The van der Waals surface area contributed by atoms with Crippen molar-refractivity contribution in [3.05, 3.63) is 34.2 Å². The number of fused-ring (bicyclic) bond motifs is 1. The molecular weight excluding hydrogens is 232 g/mol. The monoisotopic (exact) mass is 240 g/mol. The molecule has 3 nitrogen and oxygen atoms in total. The molecule has 1 aromatic carbocycles. The van der Waals surface area contributed by atoms with Gasteiger partial charge in [0.05, 0.1) is 5.02 Å². The van der Waals surface area contributed by atoms with Crippen molar-refractivity contribution in [3.8, 4) is 0 Å². The van der Waals surface area contributed by atoms with Crippen LogP contribution >= 0.6 is 22.9 Å². The van der Waals surface area contributed by atoms with Gasteiger partial charge < -0.3 is 0 Å². The van der Waals surface area contributed by atoms with Crippen molar-refractivity contribution >= 4 is 38.9 Å². The zero-order valence-corrected chi connectivity index (χ0v) is 9.60. The van der Waals surface area contributed by atoms with E-state index in [1.54, 1.807) is 0 Å². The molecule has 0 spiro atoms. The highest BCUT2D eigenvalue weighted by Gasteiger charge is 2.18. The van der Waals surface area contributed by atoms with Gasteiger partial charge in [-0.15, -0.1) is 11.3 Å². The van der Waals surface area contributed by atoms with Crippen molar-refractivity contribution in [2.24, 2.45) is 5.84 Å². The Morgan fingerprint density at radius 3 is 2.73 bits per heavy atom. The first kappa shape index (κ1) is 10.4. The van der Waals surface area contributed by atoms with Crippen molar-refractivity contribution in [1.82, 2.24) is 5.01 Å². The normalized spacial score (nSPS) is 10.6. The van der Waals surface area contributed by atoms with Crippen LogP contribution < -0.4 is 5.84 Å². The molecule has 2 N–H and O–H groups in total. The number of thiophene rings is 1. The molecule has 5 heteroatoms. The van der Waals surface area contributed by atoms with Gasteiger partial charge in [0, 0.05) is 17.1 Å². The van der Waals surface area contributed by atoms with Gasteiger partial charge in [-0.05, 0) is 6.07 Å². The molecule has 0 atom stereocenters. The first-order valence-electron chi connectivity index (χ1n) is 4.31. The summed E-state index contributed by atoms with van der Waals surface area (Å²) in [4.78, 5) is 12.2. The molecule has 78 valence electrons. The van der Waals surface area contributed by atoms with Crippen LogP contribution in [0.15, 0.2) is 24.3 Å². The van der Waals surface area contributed by atoms with Crippen molar-refractivity contribution in [1.29, 1.82) is 0 Å². The van der Waals surface area contributed by atoms with Gasteiger partial charge in [-0.1, -0.05) is 29.8 Å². The summed E-state index contributed by atoms with van der Waals surface area (Å²) in [6, 6.07) is 7.62. The summed E-state index contributed by atoms with van der Waals surface area (Å²) >= 11 is 7.46. The minimum atomic E-state index is -0.263. The summed E-state index contributed by atoms with van der Waals surface area (Å²) in [5.41, 5.74) is 0. The first-order valence-corrected chi connectivity index (χ1v) is 5.50. The molecule has 15 heavy (non-hydrogen) atoms. The van der Waals surface area contributed by atoms with Gasteiger partial charge in [-0.2, -0.15) is 0 Å². The molecule has 0 saturated heterocycles. The predicted octanol–water partition coefficient (Wildman–Crippen LogP) is 2.50. The van der Waals surface area contributed by atoms with E-state index in [0.717, 1.165) is 15.1 Å². The number of hydrazine groups is 1. The van der Waals surface area contributed by atoms with E-state index in [0.29, 0.717) is 9.90 Å². The fourth-order valence-electron chi connectivity index (χ4n) is 1.31. The Bertz CT molecular complexity index is 521. The average molecular weight is 241 g/mol. The fraction of sp³-hybridized carbons (Fsp3) is 0.100. The summed E-state index contributed by atoms with van der Waals surface area (Å²) in [7, 11) is 1.50. The fourth-order valence-corrected chi connectivity index (χ4v) is 2.81. The first-order chi connectivity index (χ1) is 7.11. The van der Waals surface area contributed by atoms with Crippen LogP contribution in [0, 0.1) is 0 Å². The second-order valence-corrected chi connectivity index (χ2v) is 4.59. The lowest BCUT2D eigenvalue weighted by Gasteiger charge is -2.07. The predicted molar refractivity (Wildman–Crippen MR) is 63.1 cm³/mol. The Labute approximate surface area is 96.0 Å².